The van der Waals surface area contributed by atoms with Crippen LogP contribution in [0.2, 0.25) is 5.02 Å². The average molecular weight is 417 g/mol. The summed E-state index contributed by atoms with van der Waals surface area (Å²) in [4.78, 5) is 13.7. The summed E-state index contributed by atoms with van der Waals surface area (Å²) in [6, 6.07) is 11.3. The molecule has 102 valence electrons. The first-order chi connectivity index (χ1) is 9.56. The number of nitrogens with one attached hydrogen (secondary N) is 1. The second-order valence-electron chi connectivity index (χ2n) is 4.28. The number of aromatic amines is 1. The van der Waals surface area contributed by atoms with Gasteiger partial charge in [-0.1, -0.05) is 45.7 Å². The summed E-state index contributed by atoms with van der Waals surface area (Å²) in [5.74, 6) is -0.455. The van der Waals surface area contributed by atoms with Gasteiger partial charge in [-0.15, -0.1) is 0 Å². The molecule has 0 bridgehead atoms. The lowest BCUT2D eigenvalue weighted by atomic mass is 10.0. The highest BCUT2D eigenvalue weighted by atomic mass is 79.9. The van der Waals surface area contributed by atoms with E-state index in [1.165, 1.54) is 0 Å². The van der Waals surface area contributed by atoms with Crippen LogP contribution in [0, 0.1) is 0 Å². The molecule has 0 saturated carbocycles. The van der Waals surface area contributed by atoms with E-state index in [1.807, 2.05) is 36.4 Å². The van der Waals surface area contributed by atoms with Gasteiger partial charge in [0, 0.05) is 4.47 Å². The number of alkyl halides is 1. The van der Waals surface area contributed by atoms with E-state index in [1.54, 1.807) is 0 Å². The van der Waals surface area contributed by atoms with Crippen molar-refractivity contribution in [1.82, 2.24) is 4.98 Å². The first kappa shape index (κ1) is 13.9. The Morgan fingerprint density at radius 1 is 1.25 bits per heavy atom. The fourth-order valence-corrected chi connectivity index (χ4v) is 3.43. The van der Waals surface area contributed by atoms with E-state index >= 15 is 0 Å². The Hall–Kier alpha value is -1.04. The lowest BCUT2D eigenvalue weighted by Gasteiger charge is -2.13. The Kier molecular flexibility index (Phi) is 3.75. The fourth-order valence-electron chi connectivity index (χ4n) is 2.02. The lowest BCUT2D eigenvalue weighted by Crippen LogP contribution is -1.94. The van der Waals surface area contributed by atoms with Gasteiger partial charge in [0.05, 0.1) is 15.4 Å². The van der Waals surface area contributed by atoms with Gasteiger partial charge < -0.3 is 4.42 Å². The van der Waals surface area contributed by atoms with Gasteiger partial charge in [0.15, 0.2) is 5.58 Å². The predicted molar refractivity (Wildman–Crippen MR) is 86.8 cm³/mol. The van der Waals surface area contributed by atoms with Crippen molar-refractivity contribution in [2.45, 2.75) is 4.83 Å². The van der Waals surface area contributed by atoms with Crippen LogP contribution in [0.15, 0.2) is 50.1 Å². The molecule has 2 aromatic carbocycles. The SMILES string of the molecule is O=c1[nH]c2ccc(C(Br)c3cccc(Br)c3Cl)cc2o1. The third kappa shape index (κ3) is 2.45. The summed E-state index contributed by atoms with van der Waals surface area (Å²) < 4.78 is 5.92. The fraction of sp³-hybridized carbons (Fsp3) is 0.0714. The maximum Gasteiger partial charge on any atom is 0.417 e. The molecule has 1 atom stereocenters. The van der Waals surface area contributed by atoms with Gasteiger partial charge in [-0.3, -0.25) is 4.98 Å². The third-order valence-corrected chi connectivity index (χ3v) is 5.33. The molecule has 0 saturated heterocycles. The number of fused-ring (bicyclic) bond motifs is 1. The van der Waals surface area contributed by atoms with Crippen molar-refractivity contribution in [3.05, 3.63) is 67.6 Å². The van der Waals surface area contributed by atoms with Crippen molar-refractivity contribution >= 4 is 54.6 Å². The van der Waals surface area contributed by atoms with Crippen LogP contribution < -0.4 is 5.76 Å². The topological polar surface area (TPSA) is 46.0 Å². The molecule has 0 aliphatic rings. The number of H-pyrrole nitrogens is 1. The van der Waals surface area contributed by atoms with Crippen LogP contribution in [0.1, 0.15) is 16.0 Å². The molecule has 1 aromatic heterocycles. The van der Waals surface area contributed by atoms with Crippen LogP contribution in [-0.4, -0.2) is 4.98 Å². The molecule has 1 heterocycles. The Morgan fingerprint density at radius 2 is 2.05 bits per heavy atom. The van der Waals surface area contributed by atoms with E-state index in [0.29, 0.717) is 16.1 Å². The minimum atomic E-state index is -0.455. The lowest BCUT2D eigenvalue weighted by molar-refractivity contribution is 0.555. The molecule has 3 rings (SSSR count). The highest BCUT2D eigenvalue weighted by molar-refractivity contribution is 9.10. The maximum atomic E-state index is 11.2. The molecule has 3 aromatic rings. The van der Waals surface area contributed by atoms with E-state index in [-0.39, 0.29) is 4.83 Å². The summed E-state index contributed by atoms with van der Waals surface area (Å²) in [5, 5.41) is 0.657. The highest BCUT2D eigenvalue weighted by Crippen LogP contribution is 2.38. The van der Waals surface area contributed by atoms with Crippen molar-refractivity contribution in [2.75, 3.05) is 0 Å². The van der Waals surface area contributed by atoms with Gasteiger partial charge in [-0.2, -0.15) is 0 Å². The van der Waals surface area contributed by atoms with Gasteiger partial charge in [-0.25, -0.2) is 4.79 Å². The van der Waals surface area contributed by atoms with Crippen molar-refractivity contribution in [3.63, 3.8) is 0 Å². The molecule has 20 heavy (non-hydrogen) atoms. The number of benzene rings is 2. The van der Waals surface area contributed by atoms with Gasteiger partial charge >= 0.3 is 5.76 Å². The van der Waals surface area contributed by atoms with Crippen LogP contribution in [0.25, 0.3) is 11.1 Å². The van der Waals surface area contributed by atoms with Crippen molar-refractivity contribution in [3.8, 4) is 0 Å². The number of aromatic nitrogens is 1. The molecule has 0 fully saturated rings. The molecule has 6 heteroatoms. The van der Waals surface area contributed by atoms with Crippen molar-refractivity contribution in [1.29, 1.82) is 0 Å². The number of hydrogen-bond donors (Lipinski definition) is 1. The van der Waals surface area contributed by atoms with Gasteiger partial charge in [-0.05, 0) is 45.3 Å². The predicted octanol–water partition coefficient (Wildman–Crippen LogP) is 5.02. The molecular formula is C14H8Br2ClNO2. The maximum absolute atomic E-state index is 11.2. The minimum absolute atomic E-state index is 0.0860. The summed E-state index contributed by atoms with van der Waals surface area (Å²) in [6.07, 6.45) is 0. The Balaban J connectivity index is 2.09. The summed E-state index contributed by atoms with van der Waals surface area (Å²) >= 11 is 13.4. The number of rotatable bonds is 2. The second kappa shape index (κ2) is 5.39. The zero-order valence-electron chi connectivity index (χ0n) is 9.99. The first-order valence-corrected chi connectivity index (χ1v) is 7.85. The normalized spacial score (nSPS) is 12.8. The molecule has 3 nitrogen and oxygen atoms in total. The van der Waals surface area contributed by atoms with Gasteiger partial charge in [0.25, 0.3) is 0 Å². The van der Waals surface area contributed by atoms with E-state index in [9.17, 15) is 4.79 Å². The molecule has 0 amide bonds. The highest BCUT2D eigenvalue weighted by Gasteiger charge is 2.16. The summed E-state index contributed by atoms with van der Waals surface area (Å²) in [7, 11) is 0. The minimum Gasteiger partial charge on any atom is -0.408 e. The van der Waals surface area contributed by atoms with Crippen LogP contribution in [0.4, 0.5) is 0 Å². The molecular weight excluding hydrogens is 409 g/mol. The van der Waals surface area contributed by atoms with E-state index < -0.39 is 5.76 Å². The number of oxazole rings is 1. The molecule has 0 radical (unpaired) electrons. The Bertz CT molecular complexity index is 841. The quantitative estimate of drug-likeness (QED) is 0.595. The largest absolute Gasteiger partial charge is 0.417 e. The van der Waals surface area contributed by atoms with Crippen LogP contribution in [0.5, 0.6) is 0 Å². The number of halogens is 3. The van der Waals surface area contributed by atoms with E-state index in [0.717, 1.165) is 15.6 Å². The van der Waals surface area contributed by atoms with Crippen LogP contribution in [-0.2, 0) is 0 Å². The second-order valence-corrected chi connectivity index (χ2v) is 6.42. The third-order valence-electron chi connectivity index (χ3n) is 2.99. The molecule has 0 aliphatic carbocycles. The Labute approximate surface area is 136 Å². The van der Waals surface area contributed by atoms with Crippen molar-refractivity contribution < 1.29 is 4.42 Å². The number of hydrogen-bond acceptors (Lipinski definition) is 2. The van der Waals surface area contributed by atoms with Crippen molar-refractivity contribution in [2.24, 2.45) is 0 Å². The van der Waals surface area contributed by atoms with Gasteiger partial charge in [0.2, 0.25) is 0 Å². The van der Waals surface area contributed by atoms with Crippen LogP contribution in [0.3, 0.4) is 0 Å². The molecule has 1 N–H and O–H groups in total. The van der Waals surface area contributed by atoms with Gasteiger partial charge in [0.1, 0.15) is 0 Å². The molecule has 0 spiro atoms. The van der Waals surface area contributed by atoms with E-state index in [2.05, 4.69) is 36.8 Å². The zero-order chi connectivity index (χ0) is 14.3. The van der Waals surface area contributed by atoms with Crippen LogP contribution >= 0.6 is 43.5 Å². The molecule has 1 unspecified atom stereocenters. The first-order valence-electron chi connectivity index (χ1n) is 5.77. The Morgan fingerprint density at radius 3 is 2.85 bits per heavy atom. The van der Waals surface area contributed by atoms with E-state index in [4.69, 9.17) is 16.0 Å². The summed E-state index contributed by atoms with van der Waals surface area (Å²) in [6.45, 7) is 0. The standard InChI is InChI=1S/C14H8Br2ClNO2/c15-9-3-1-2-8(13(9)17)12(16)7-4-5-10-11(6-7)20-14(19)18-10/h1-6,12H,(H,18,19). The summed E-state index contributed by atoms with van der Waals surface area (Å²) in [5.41, 5.74) is 3.11. The average Bonchev–Trinajstić information content (AvgIpc) is 2.80. The monoisotopic (exact) mass is 415 g/mol. The smallest absolute Gasteiger partial charge is 0.408 e. The zero-order valence-corrected chi connectivity index (χ0v) is 13.9. The molecule has 0 aliphatic heterocycles.